The fourth-order valence-electron chi connectivity index (χ4n) is 1.75. The molecule has 0 N–H and O–H groups in total. The minimum absolute atomic E-state index is 0.00875. The zero-order valence-corrected chi connectivity index (χ0v) is 10.7. The summed E-state index contributed by atoms with van der Waals surface area (Å²) >= 11 is 0. The molecule has 0 saturated carbocycles. The van der Waals surface area contributed by atoms with Gasteiger partial charge >= 0.3 is 0 Å². The van der Waals surface area contributed by atoms with Gasteiger partial charge in [-0.2, -0.15) is 0 Å². The molecule has 0 heterocycles. The number of benzene rings is 1. The molecule has 0 aliphatic heterocycles. The Labute approximate surface area is 104 Å². The molecule has 0 amide bonds. The van der Waals surface area contributed by atoms with Crippen molar-refractivity contribution in [3.05, 3.63) is 54.2 Å². The highest BCUT2D eigenvalue weighted by Gasteiger charge is 2.17. The van der Waals surface area contributed by atoms with E-state index in [1.165, 1.54) is 19.1 Å². The summed E-state index contributed by atoms with van der Waals surface area (Å²) in [5, 5.41) is 21.5. The first-order valence-corrected chi connectivity index (χ1v) is 5.33. The molecule has 0 spiro atoms. The first-order chi connectivity index (χ1) is 8.25. The zero-order valence-electron chi connectivity index (χ0n) is 10.7. The van der Waals surface area contributed by atoms with E-state index in [2.05, 4.69) is 0 Å². The summed E-state index contributed by atoms with van der Waals surface area (Å²) in [5.41, 5.74) is 2.62. The van der Waals surface area contributed by atoms with Crippen LogP contribution in [0.3, 0.4) is 0 Å². The topological polar surface area (TPSA) is 86.3 Å². The predicted molar refractivity (Wildman–Crippen MR) is 68.0 cm³/mol. The monoisotopic (exact) mass is 250 g/mol. The van der Waals surface area contributed by atoms with Gasteiger partial charge in [-0.15, -0.1) is 0 Å². The van der Waals surface area contributed by atoms with Crippen molar-refractivity contribution in [1.82, 2.24) is 0 Å². The highest BCUT2D eigenvalue weighted by Crippen LogP contribution is 2.28. The summed E-state index contributed by atoms with van der Waals surface area (Å²) in [5.74, 6) is 0. The third-order valence-corrected chi connectivity index (χ3v) is 2.97. The quantitative estimate of drug-likeness (QED) is 0.609. The van der Waals surface area contributed by atoms with E-state index in [-0.39, 0.29) is 11.4 Å². The molecule has 6 heteroatoms. The molecule has 0 fully saturated rings. The van der Waals surface area contributed by atoms with Crippen LogP contribution in [-0.4, -0.2) is 9.85 Å². The van der Waals surface area contributed by atoms with Gasteiger partial charge in [-0.25, -0.2) is 0 Å². The van der Waals surface area contributed by atoms with Crippen LogP contribution in [-0.2, 0) is 0 Å². The van der Waals surface area contributed by atoms with Crippen molar-refractivity contribution in [1.29, 1.82) is 0 Å². The molecule has 0 aliphatic carbocycles. The minimum Gasteiger partial charge on any atom is -0.259 e. The molecule has 96 valence electrons. The van der Waals surface area contributed by atoms with Crippen LogP contribution in [0.25, 0.3) is 6.08 Å². The molecule has 0 unspecified atom stereocenters. The van der Waals surface area contributed by atoms with Crippen LogP contribution in [0.1, 0.15) is 29.2 Å². The number of hydrogen-bond donors (Lipinski definition) is 0. The average Bonchev–Trinajstić information content (AvgIpc) is 2.28. The molecule has 6 nitrogen and oxygen atoms in total. The molecule has 0 bridgehead atoms. The Morgan fingerprint density at radius 3 is 2.17 bits per heavy atom. The van der Waals surface area contributed by atoms with Crippen molar-refractivity contribution < 1.29 is 9.85 Å². The fraction of sp³-hybridized carbons (Fsp3) is 0.333. The summed E-state index contributed by atoms with van der Waals surface area (Å²) < 4.78 is 0. The fourth-order valence-corrected chi connectivity index (χ4v) is 1.75. The Morgan fingerprint density at radius 1 is 1.17 bits per heavy atom. The molecule has 0 aromatic heterocycles. The smallest absolute Gasteiger partial charge is 0.259 e. The van der Waals surface area contributed by atoms with Crippen molar-refractivity contribution in [2.24, 2.45) is 0 Å². The van der Waals surface area contributed by atoms with Crippen molar-refractivity contribution in [2.45, 2.75) is 27.7 Å². The van der Waals surface area contributed by atoms with Crippen molar-refractivity contribution in [3.8, 4) is 0 Å². The molecule has 0 radical (unpaired) electrons. The van der Waals surface area contributed by atoms with Crippen molar-refractivity contribution in [3.63, 3.8) is 0 Å². The van der Waals surface area contributed by atoms with Gasteiger partial charge in [0.25, 0.3) is 5.69 Å². The van der Waals surface area contributed by atoms with Gasteiger partial charge in [0.15, 0.2) is 0 Å². The highest BCUT2D eigenvalue weighted by molar-refractivity contribution is 5.64. The van der Waals surface area contributed by atoms with E-state index < -0.39 is 9.85 Å². The predicted octanol–water partition coefficient (Wildman–Crippen LogP) is 3.16. The average molecular weight is 250 g/mol. The summed E-state index contributed by atoms with van der Waals surface area (Å²) in [7, 11) is 0. The maximum atomic E-state index is 10.8. The van der Waals surface area contributed by atoms with E-state index in [0.717, 1.165) is 0 Å². The van der Waals surface area contributed by atoms with Crippen molar-refractivity contribution >= 4 is 11.8 Å². The lowest BCUT2D eigenvalue weighted by Gasteiger charge is -2.09. The summed E-state index contributed by atoms with van der Waals surface area (Å²) in [6.45, 7) is 6.48. The normalized spacial score (nSPS) is 11.4. The Hall–Kier alpha value is -2.24. The maximum absolute atomic E-state index is 10.8. The van der Waals surface area contributed by atoms with Crippen LogP contribution < -0.4 is 0 Å². The van der Waals surface area contributed by atoms with Crippen LogP contribution in [0.4, 0.5) is 5.69 Å². The molecule has 0 saturated heterocycles. The van der Waals surface area contributed by atoms with Gasteiger partial charge in [-0.3, -0.25) is 20.2 Å². The first-order valence-electron chi connectivity index (χ1n) is 5.33. The van der Waals surface area contributed by atoms with Crippen LogP contribution in [0.15, 0.2) is 11.8 Å². The Balaban J connectivity index is 3.50. The number of nitro benzene ring substituents is 1. The summed E-state index contributed by atoms with van der Waals surface area (Å²) in [4.78, 5) is 20.5. The molecular weight excluding hydrogens is 236 g/mol. The van der Waals surface area contributed by atoms with E-state index in [4.69, 9.17) is 0 Å². The first kappa shape index (κ1) is 13.8. The lowest BCUT2D eigenvalue weighted by Crippen LogP contribution is -2.00. The van der Waals surface area contributed by atoms with E-state index in [1.807, 2.05) is 0 Å². The number of nitro groups is 2. The second-order valence-electron chi connectivity index (χ2n) is 4.18. The van der Waals surface area contributed by atoms with Gasteiger partial charge < -0.3 is 0 Å². The lowest BCUT2D eigenvalue weighted by molar-refractivity contribution is -0.422. The molecule has 18 heavy (non-hydrogen) atoms. The zero-order chi connectivity index (χ0) is 14.0. The Bertz CT molecular complexity index is 562. The van der Waals surface area contributed by atoms with E-state index in [1.54, 1.807) is 20.8 Å². The van der Waals surface area contributed by atoms with Gasteiger partial charge in [-0.05, 0) is 37.5 Å². The van der Waals surface area contributed by atoms with E-state index in [0.29, 0.717) is 22.3 Å². The van der Waals surface area contributed by atoms with Gasteiger partial charge in [0.1, 0.15) is 0 Å². The van der Waals surface area contributed by atoms with Crippen LogP contribution >= 0.6 is 0 Å². The SMILES string of the molecule is C/C(=C\c1c(C)cc([N+](=O)[O-])c(C)c1C)[N+](=O)[O-]. The number of allylic oxidation sites excluding steroid dienone is 1. The molecular formula is C12H14N2O4. The molecule has 1 aromatic rings. The lowest BCUT2D eigenvalue weighted by atomic mass is 9.96. The Morgan fingerprint density at radius 2 is 1.72 bits per heavy atom. The van der Waals surface area contributed by atoms with Crippen LogP contribution in [0.5, 0.6) is 0 Å². The molecule has 1 aromatic carbocycles. The third kappa shape index (κ3) is 2.53. The maximum Gasteiger partial charge on any atom is 0.272 e. The van der Waals surface area contributed by atoms with Gasteiger partial charge in [-0.1, -0.05) is 0 Å². The minimum atomic E-state index is -0.477. The van der Waals surface area contributed by atoms with Crippen LogP contribution in [0.2, 0.25) is 0 Å². The number of hydrogen-bond acceptors (Lipinski definition) is 4. The van der Waals surface area contributed by atoms with Gasteiger partial charge in [0, 0.05) is 24.6 Å². The van der Waals surface area contributed by atoms with Gasteiger partial charge in [0.05, 0.1) is 9.85 Å². The second kappa shape index (κ2) is 4.95. The Kier molecular flexibility index (Phi) is 3.80. The second-order valence-corrected chi connectivity index (χ2v) is 4.18. The van der Waals surface area contributed by atoms with Crippen molar-refractivity contribution in [2.75, 3.05) is 0 Å². The summed E-state index contributed by atoms with van der Waals surface area (Å²) in [6.07, 6.45) is 1.45. The third-order valence-electron chi connectivity index (χ3n) is 2.97. The molecule has 0 atom stereocenters. The van der Waals surface area contributed by atoms with Crippen LogP contribution in [0, 0.1) is 41.0 Å². The standard InChI is InChI=1S/C12H14N2O4/c1-7-5-12(14(17)18)10(4)9(3)11(7)6-8(2)13(15)16/h5-6H,1-4H3/b8-6+. The van der Waals surface area contributed by atoms with E-state index >= 15 is 0 Å². The van der Waals surface area contributed by atoms with E-state index in [9.17, 15) is 20.2 Å². The molecule has 1 rings (SSSR count). The number of aryl methyl sites for hydroxylation is 1. The largest absolute Gasteiger partial charge is 0.272 e. The summed E-state index contributed by atoms with van der Waals surface area (Å²) in [6, 6.07) is 1.45. The number of nitrogens with zero attached hydrogens (tertiary/aromatic N) is 2. The molecule has 0 aliphatic rings. The van der Waals surface area contributed by atoms with Gasteiger partial charge in [0.2, 0.25) is 5.70 Å². The number of rotatable bonds is 3. The highest BCUT2D eigenvalue weighted by atomic mass is 16.6.